The summed E-state index contributed by atoms with van der Waals surface area (Å²) in [6, 6.07) is 8.69. The van der Waals surface area contributed by atoms with Gasteiger partial charge < -0.3 is 14.4 Å². The van der Waals surface area contributed by atoms with Crippen LogP contribution in [0.1, 0.15) is 31.7 Å². The van der Waals surface area contributed by atoms with Crippen LogP contribution < -0.4 is 4.74 Å². The SMILES string of the molecule is CCCOc1ccc(C2(CN(C)C)CCOCC2)cc1. The quantitative estimate of drug-likeness (QED) is 0.797. The molecule has 3 heteroatoms. The van der Waals surface area contributed by atoms with Crippen molar-refractivity contribution in [1.29, 1.82) is 0 Å². The number of likely N-dealkylation sites (N-methyl/N-ethyl adjacent to an activating group) is 1. The van der Waals surface area contributed by atoms with Crippen molar-refractivity contribution in [3.05, 3.63) is 29.8 Å². The van der Waals surface area contributed by atoms with Gasteiger partial charge in [-0.1, -0.05) is 19.1 Å². The minimum Gasteiger partial charge on any atom is -0.494 e. The fourth-order valence-corrected chi connectivity index (χ4v) is 3.03. The summed E-state index contributed by atoms with van der Waals surface area (Å²) in [5.74, 6) is 0.975. The maximum Gasteiger partial charge on any atom is 0.119 e. The topological polar surface area (TPSA) is 21.7 Å². The van der Waals surface area contributed by atoms with Gasteiger partial charge in [0.15, 0.2) is 0 Å². The molecule has 0 spiro atoms. The summed E-state index contributed by atoms with van der Waals surface area (Å²) in [7, 11) is 4.30. The number of hydrogen-bond acceptors (Lipinski definition) is 3. The molecule has 0 radical (unpaired) electrons. The van der Waals surface area contributed by atoms with E-state index in [1.54, 1.807) is 0 Å². The second-order valence-corrected chi connectivity index (χ2v) is 6.00. The first-order valence-electron chi connectivity index (χ1n) is 7.62. The van der Waals surface area contributed by atoms with Crippen LogP contribution in [-0.2, 0) is 10.2 Å². The van der Waals surface area contributed by atoms with Crippen LogP contribution in [0.15, 0.2) is 24.3 Å². The maximum atomic E-state index is 5.68. The highest BCUT2D eigenvalue weighted by molar-refractivity contribution is 5.33. The highest BCUT2D eigenvalue weighted by Crippen LogP contribution is 2.36. The molecule has 1 aliphatic heterocycles. The van der Waals surface area contributed by atoms with Gasteiger partial charge in [-0.05, 0) is 51.1 Å². The number of rotatable bonds is 6. The number of hydrogen-bond donors (Lipinski definition) is 0. The monoisotopic (exact) mass is 277 g/mol. The largest absolute Gasteiger partial charge is 0.494 e. The van der Waals surface area contributed by atoms with Gasteiger partial charge in [-0.3, -0.25) is 0 Å². The van der Waals surface area contributed by atoms with Crippen LogP contribution in [0, 0.1) is 0 Å². The molecule has 1 aromatic rings. The Morgan fingerprint density at radius 3 is 2.35 bits per heavy atom. The standard InChI is InChI=1S/C17H27NO2/c1-4-11-20-16-7-5-15(6-8-16)17(14-18(2)3)9-12-19-13-10-17/h5-8H,4,9-14H2,1-3H3. The van der Waals surface area contributed by atoms with Gasteiger partial charge in [0.2, 0.25) is 0 Å². The van der Waals surface area contributed by atoms with Gasteiger partial charge in [0.1, 0.15) is 5.75 Å². The molecule has 1 aliphatic rings. The molecule has 0 bridgehead atoms. The first kappa shape index (κ1) is 15.3. The lowest BCUT2D eigenvalue weighted by Gasteiger charge is -2.39. The molecule has 2 rings (SSSR count). The van der Waals surface area contributed by atoms with E-state index in [2.05, 4.69) is 50.2 Å². The molecule has 1 aromatic carbocycles. The fourth-order valence-electron chi connectivity index (χ4n) is 3.03. The molecule has 20 heavy (non-hydrogen) atoms. The predicted octanol–water partition coefficient (Wildman–Crippen LogP) is 3.09. The third kappa shape index (κ3) is 3.74. The summed E-state index contributed by atoms with van der Waals surface area (Å²) in [5.41, 5.74) is 1.64. The lowest BCUT2D eigenvalue weighted by molar-refractivity contribution is 0.0401. The third-order valence-corrected chi connectivity index (χ3v) is 4.01. The summed E-state index contributed by atoms with van der Waals surface area (Å²) in [4.78, 5) is 2.28. The van der Waals surface area contributed by atoms with Gasteiger partial charge >= 0.3 is 0 Å². The Balaban J connectivity index is 2.15. The van der Waals surface area contributed by atoms with Gasteiger partial charge in [0, 0.05) is 25.2 Å². The third-order valence-electron chi connectivity index (χ3n) is 4.01. The van der Waals surface area contributed by atoms with E-state index >= 15 is 0 Å². The van der Waals surface area contributed by atoms with E-state index in [9.17, 15) is 0 Å². The zero-order chi connectivity index (χ0) is 14.4. The Bertz CT molecular complexity index is 394. The lowest BCUT2D eigenvalue weighted by Crippen LogP contribution is -2.42. The number of ether oxygens (including phenoxy) is 2. The minimum atomic E-state index is 0.227. The van der Waals surface area contributed by atoms with Crippen LogP contribution in [0.5, 0.6) is 5.75 Å². The van der Waals surface area contributed by atoms with E-state index in [4.69, 9.17) is 9.47 Å². The molecule has 0 amide bonds. The molecule has 0 atom stereocenters. The van der Waals surface area contributed by atoms with Crippen molar-refractivity contribution in [3.8, 4) is 5.75 Å². The summed E-state index contributed by atoms with van der Waals surface area (Å²) in [5, 5.41) is 0. The van der Waals surface area contributed by atoms with E-state index in [0.717, 1.165) is 51.4 Å². The minimum absolute atomic E-state index is 0.227. The summed E-state index contributed by atoms with van der Waals surface area (Å²) in [6.07, 6.45) is 3.24. The van der Waals surface area contributed by atoms with Gasteiger partial charge in [-0.15, -0.1) is 0 Å². The molecule has 0 aromatic heterocycles. The van der Waals surface area contributed by atoms with E-state index in [1.807, 2.05) is 0 Å². The van der Waals surface area contributed by atoms with E-state index in [1.165, 1.54) is 5.56 Å². The molecule has 0 aliphatic carbocycles. The molecule has 0 unspecified atom stereocenters. The van der Waals surface area contributed by atoms with Crippen molar-refractivity contribution in [2.75, 3.05) is 40.5 Å². The smallest absolute Gasteiger partial charge is 0.119 e. The molecule has 0 N–H and O–H groups in total. The van der Waals surface area contributed by atoms with Crippen molar-refractivity contribution < 1.29 is 9.47 Å². The summed E-state index contributed by atoms with van der Waals surface area (Å²) in [6.45, 7) is 5.72. The van der Waals surface area contributed by atoms with Gasteiger partial charge in [-0.25, -0.2) is 0 Å². The molecule has 0 saturated carbocycles. The van der Waals surface area contributed by atoms with Crippen LogP contribution >= 0.6 is 0 Å². The van der Waals surface area contributed by atoms with Gasteiger partial charge in [-0.2, -0.15) is 0 Å². The van der Waals surface area contributed by atoms with Crippen molar-refractivity contribution in [1.82, 2.24) is 4.90 Å². The highest BCUT2D eigenvalue weighted by Gasteiger charge is 2.34. The Morgan fingerprint density at radius 2 is 1.80 bits per heavy atom. The van der Waals surface area contributed by atoms with Crippen LogP contribution in [0.25, 0.3) is 0 Å². The zero-order valence-corrected chi connectivity index (χ0v) is 13.0. The Morgan fingerprint density at radius 1 is 1.15 bits per heavy atom. The first-order chi connectivity index (χ1) is 9.66. The van der Waals surface area contributed by atoms with E-state index < -0.39 is 0 Å². The average molecular weight is 277 g/mol. The average Bonchev–Trinajstić information content (AvgIpc) is 2.46. The van der Waals surface area contributed by atoms with Crippen LogP contribution in [-0.4, -0.2) is 45.4 Å². The van der Waals surface area contributed by atoms with Crippen LogP contribution in [0.2, 0.25) is 0 Å². The molecular weight excluding hydrogens is 250 g/mol. The summed E-state index contributed by atoms with van der Waals surface area (Å²) < 4.78 is 11.2. The van der Waals surface area contributed by atoms with Gasteiger partial charge in [0.05, 0.1) is 6.61 Å². The fraction of sp³-hybridized carbons (Fsp3) is 0.647. The van der Waals surface area contributed by atoms with Crippen LogP contribution in [0.4, 0.5) is 0 Å². The first-order valence-corrected chi connectivity index (χ1v) is 7.62. The van der Waals surface area contributed by atoms with Crippen molar-refractivity contribution >= 4 is 0 Å². The molecule has 1 fully saturated rings. The van der Waals surface area contributed by atoms with Crippen molar-refractivity contribution in [2.45, 2.75) is 31.6 Å². The van der Waals surface area contributed by atoms with E-state index in [-0.39, 0.29) is 5.41 Å². The zero-order valence-electron chi connectivity index (χ0n) is 13.0. The molecule has 112 valence electrons. The highest BCUT2D eigenvalue weighted by atomic mass is 16.5. The Kier molecular flexibility index (Phi) is 5.44. The maximum absolute atomic E-state index is 5.68. The number of benzene rings is 1. The molecular formula is C17H27NO2. The summed E-state index contributed by atoms with van der Waals surface area (Å²) >= 11 is 0. The normalized spacial score (nSPS) is 18.2. The predicted molar refractivity (Wildman–Crippen MR) is 82.5 cm³/mol. The van der Waals surface area contributed by atoms with Crippen LogP contribution in [0.3, 0.4) is 0 Å². The molecule has 3 nitrogen and oxygen atoms in total. The lowest BCUT2D eigenvalue weighted by atomic mass is 9.74. The molecule has 1 saturated heterocycles. The second-order valence-electron chi connectivity index (χ2n) is 6.00. The Labute approximate surface area is 122 Å². The molecule has 1 heterocycles. The Hall–Kier alpha value is -1.06. The second kappa shape index (κ2) is 7.09. The van der Waals surface area contributed by atoms with Gasteiger partial charge in [0.25, 0.3) is 0 Å². The number of nitrogens with zero attached hydrogens (tertiary/aromatic N) is 1. The van der Waals surface area contributed by atoms with E-state index in [0.29, 0.717) is 0 Å². The van der Waals surface area contributed by atoms with Crippen molar-refractivity contribution in [2.24, 2.45) is 0 Å². The van der Waals surface area contributed by atoms with Crippen molar-refractivity contribution in [3.63, 3.8) is 0 Å².